The number of fused-ring (bicyclic) bond motifs is 1. The van der Waals surface area contributed by atoms with Crippen LogP contribution in [0.4, 0.5) is 4.79 Å². The van der Waals surface area contributed by atoms with Crippen LogP contribution in [-0.2, 0) is 4.74 Å². The lowest BCUT2D eigenvalue weighted by Gasteiger charge is -2.42. The summed E-state index contributed by atoms with van der Waals surface area (Å²) in [6.45, 7) is 11.2. The summed E-state index contributed by atoms with van der Waals surface area (Å²) in [5.41, 5.74) is 0.444. The quantitative estimate of drug-likeness (QED) is 0.910. The van der Waals surface area contributed by atoms with Gasteiger partial charge in [0.1, 0.15) is 17.0 Å². The number of amides is 1. The molecule has 1 aromatic carbocycles. The fourth-order valence-electron chi connectivity index (χ4n) is 3.11. The van der Waals surface area contributed by atoms with Crippen molar-refractivity contribution in [2.45, 2.75) is 57.9 Å². The minimum atomic E-state index is -0.449. The number of para-hydroxylation sites is 1. The van der Waals surface area contributed by atoms with Crippen LogP contribution < -0.4 is 10.1 Å². The first kappa shape index (κ1) is 16.1. The molecule has 1 amide bonds. The van der Waals surface area contributed by atoms with E-state index in [1.807, 2.05) is 39.0 Å². The van der Waals surface area contributed by atoms with Crippen LogP contribution in [0, 0.1) is 0 Å². The molecule has 1 aromatic rings. The zero-order valence-corrected chi connectivity index (χ0v) is 14.6. The van der Waals surface area contributed by atoms with E-state index in [2.05, 4.69) is 25.2 Å². The minimum Gasteiger partial charge on any atom is -0.486 e. The van der Waals surface area contributed by atoms with Crippen LogP contribution in [0.3, 0.4) is 0 Å². The Hall–Kier alpha value is -1.75. The lowest BCUT2D eigenvalue weighted by atomic mass is 9.92. The van der Waals surface area contributed by atoms with E-state index in [9.17, 15) is 4.79 Å². The zero-order chi connectivity index (χ0) is 16.8. The van der Waals surface area contributed by atoms with Crippen LogP contribution >= 0.6 is 0 Å². The third-order valence-corrected chi connectivity index (χ3v) is 4.23. The van der Waals surface area contributed by atoms with Crippen molar-refractivity contribution >= 4 is 6.09 Å². The Bertz CT molecular complexity index is 601. The predicted molar refractivity (Wildman–Crippen MR) is 88.6 cm³/mol. The Kier molecular flexibility index (Phi) is 3.79. The van der Waals surface area contributed by atoms with Crippen LogP contribution in [0.5, 0.6) is 5.75 Å². The van der Waals surface area contributed by atoms with Gasteiger partial charge >= 0.3 is 6.09 Å². The van der Waals surface area contributed by atoms with Crippen molar-refractivity contribution in [3.05, 3.63) is 29.8 Å². The largest absolute Gasteiger partial charge is 0.486 e. The molecule has 1 fully saturated rings. The Morgan fingerprint density at radius 1 is 1.30 bits per heavy atom. The molecule has 0 bridgehead atoms. The summed E-state index contributed by atoms with van der Waals surface area (Å²) in [5, 5.41) is 3.64. The molecule has 1 saturated heterocycles. The molecule has 5 heteroatoms. The highest BCUT2D eigenvalue weighted by atomic mass is 16.6. The number of rotatable bonds is 2. The van der Waals surface area contributed by atoms with Gasteiger partial charge in [-0.15, -0.1) is 0 Å². The molecule has 2 aliphatic heterocycles. The molecule has 0 radical (unpaired) electrons. The summed E-state index contributed by atoms with van der Waals surface area (Å²) in [6.07, 6.45) is -0.238. The Balaban J connectivity index is 1.59. The van der Waals surface area contributed by atoms with Crippen molar-refractivity contribution in [1.82, 2.24) is 10.2 Å². The molecule has 3 rings (SSSR count). The van der Waals surface area contributed by atoms with Gasteiger partial charge in [-0.2, -0.15) is 0 Å². The highest BCUT2D eigenvalue weighted by Crippen LogP contribution is 2.43. The van der Waals surface area contributed by atoms with Gasteiger partial charge in [0.25, 0.3) is 0 Å². The highest BCUT2D eigenvalue weighted by molar-refractivity contribution is 5.69. The smallest absolute Gasteiger partial charge is 0.410 e. The van der Waals surface area contributed by atoms with E-state index in [4.69, 9.17) is 9.47 Å². The summed E-state index contributed by atoms with van der Waals surface area (Å²) in [5.74, 6) is 0.943. The van der Waals surface area contributed by atoms with Crippen molar-refractivity contribution in [3.8, 4) is 5.75 Å². The van der Waals surface area contributed by atoms with Gasteiger partial charge in [-0.25, -0.2) is 4.79 Å². The Morgan fingerprint density at radius 2 is 1.96 bits per heavy atom. The maximum Gasteiger partial charge on any atom is 0.410 e. The van der Waals surface area contributed by atoms with Crippen molar-refractivity contribution in [2.75, 3.05) is 13.1 Å². The average molecular weight is 318 g/mol. The van der Waals surface area contributed by atoms with Crippen LogP contribution in [-0.4, -0.2) is 41.3 Å². The molecular formula is C18H26N2O3. The first-order valence-corrected chi connectivity index (χ1v) is 8.18. The van der Waals surface area contributed by atoms with Crippen molar-refractivity contribution in [1.29, 1.82) is 0 Å². The van der Waals surface area contributed by atoms with Crippen LogP contribution in [0.15, 0.2) is 24.3 Å². The minimum absolute atomic E-state index is 0.129. The van der Waals surface area contributed by atoms with Gasteiger partial charge in [0.2, 0.25) is 0 Å². The van der Waals surface area contributed by atoms with E-state index >= 15 is 0 Å². The van der Waals surface area contributed by atoms with Gasteiger partial charge < -0.3 is 19.7 Å². The molecule has 0 spiro atoms. The number of hydrogen-bond acceptors (Lipinski definition) is 4. The summed E-state index contributed by atoms with van der Waals surface area (Å²) in [7, 11) is 0. The summed E-state index contributed by atoms with van der Waals surface area (Å²) in [6, 6.07) is 8.53. The molecule has 126 valence electrons. The molecule has 2 heterocycles. The number of nitrogens with one attached hydrogen (secondary N) is 1. The Labute approximate surface area is 137 Å². The first-order chi connectivity index (χ1) is 10.7. The number of benzene rings is 1. The molecule has 0 saturated carbocycles. The second-order valence-electron chi connectivity index (χ2n) is 7.93. The molecule has 0 aliphatic carbocycles. The fraction of sp³-hybridized carbons (Fsp3) is 0.611. The topological polar surface area (TPSA) is 50.8 Å². The zero-order valence-electron chi connectivity index (χ0n) is 14.6. The maximum atomic E-state index is 12.0. The second kappa shape index (κ2) is 5.41. The van der Waals surface area contributed by atoms with Gasteiger partial charge in [-0.05, 0) is 40.7 Å². The van der Waals surface area contributed by atoms with E-state index in [0.29, 0.717) is 13.1 Å². The van der Waals surface area contributed by atoms with Gasteiger partial charge in [0.15, 0.2) is 0 Å². The molecule has 1 N–H and O–H groups in total. The molecule has 1 unspecified atom stereocenters. The molecule has 2 aliphatic rings. The normalized spacial score (nSPS) is 23.0. The summed E-state index contributed by atoms with van der Waals surface area (Å²) >= 11 is 0. The molecule has 0 aromatic heterocycles. The maximum absolute atomic E-state index is 12.0. The number of carbonyl (C=O) groups is 1. The molecule has 5 nitrogen and oxygen atoms in total. The van der Waals surface area contributed by atoms with Gasteiger partial charge in [-0.1, -0.05) is 18.2 Å². The fourth-order valence-corrected chi connectivity index (χ4v) is 3.11. The molecule has 1 atom stereocenters. The van der Waals surface area contributed by atoms with Crippen molar-refractivity contribution < 1.29 is 14.3 Å². The van der Waals surface area contributed by atoms with Gasteiger partial charge in [0, 0.05) is 24.7 Å². The van der Waals surface area contributed by atoms with Gasteiger partial charge in [-0.3, -0.25) is 0 Å². The number of nitrogens with zero attached hydrogens (tertiary/aromatic N) is 1. The number of carbonyl (C=O) groups excluding carboxylic acids is 1. The van der Waals surface area contributed by atoms with Crippen LogP contribution in [0.25, 0.3) is 0 Å². The van der Waals surface area contributed by atoms with Crippen molar-refractivity contribution in [3.63, 3.8) is 0 Å². The number of ether oxygens (including phenoxy) is 2. The van der Waals surface area contributed by atoms with E-state index in [1.54, 1.807) is 4.90 Å². The number of hydrogen-bond donors (Lipinski definition) is 1. The highest BCUT2D eigenvalue weighted by Gasteiger charge is 2.44. The number of likely N-dealkylation sites (tertiary alicyclic amines) is 1. The van der Waals surface area contributed by atoms with Crippen LogP contribution in [0.2, 0.25) is 0 Å². The molecule has 23 heavy (non-hydrogen) atoms. The van der Waals surface area contributed by atoms with Crippen molar-refractivity contribution in [2.24, 2.45) is 0 Å². The molecular weight excluding hydrogens is 292 g/mol. The lowest BCUT2D eigenvalue weighted by Crippen LogP contribution is -2.62. The third kappa shape index (κ3) is 3.29. The second-order valence-corrected chi connectivity index (χ2v) is 7.93. The SMILES string of the molecule is CC(C)(C)OC(=O)N1CC(NC2c3ccccc3OC2(C)C)C1. The Morgan fingerprint density at radius 3 is 2.61 bits per heavy atom. The third-order valence-electron chi connectivity index (χ3n) is 4.23. The van der Waals surface area contributed by atoms with Gasteiger partial charge in [0.05, 0.1) is 6.04 Å². The van der Waals surface area contributed by atoms with E-state index in [0.717, 1.165) is 5.75 Å². The predicted octanol–water partition coefficient (Wildman–Crippen LogP) is 3.11. The summed E-state index contributed by atoms with van der Waals surface area (Å²) in [4.78, 5) is 13.7. The van der Waals surface area contributed by atoms with Crippen LogP contribution in [0.1, 0.15) is 46.2 Å². The van der Waals surface area contributed by atoms with E-state index in [-0.39, 0.29) is 23.8 Å². The monoisotopic (exact) mass is 318 g/mol. The van der Waals surface area contributed by atoms with E-state index < -0.39 is 5.60 Å². The first-order valence-electron chi connectivity index (χ1n) is 8.18. The lowest BCUT2D eigenvalue weighted by molar-refractivity contribution is 0.000164. The average Bonchev–Trinajstić information content (AvgIpc) is 2.61. The standard InChI is InChI=1S/C18H26N2O3/c1-17(2,3)23-16(21)20-10-12(11-20)19-15-13-8-6-7-9-14(13)22-18(15,4)5/h6-9,12,15,19H,10-11H2,1-5H3. The summed E-state index contributed by atoms with van der Waals surface area (Å²) < 4.78 is 11.4. The van der Waals surface area contributed by atoms with E-state index in [1.165, 1.54) is 5.56 Å².